The van der Waals surface area contributed by atoms with Gasteiger partial charge in [0.2, 0.25) is 0 Å². The van der Waals surface area contributed by atoms with E-state index in [2.05, 4.69) is 80.8 Å². The highest BCUT2D eigenvalue weighted by Gasteiger charge is 2.18. The van der Waals surface area contributed by atoms with Crippen molar-refractivity contribution in [1.29, 1.82) is 0 Å². The Morgan fingerprint density at radius 1 is 1.09 bits per heavy atom. The second kappa shape index (κ2) is 6.76. The normalized spacial score (nSPS) is 14.0. The zero-order valence-corrected chi connectivity index (χ0v) is 14.8. The molecule has 0 aliphatic carbocycles. The molecule has 0 aliphatic rings. The maximum Gasteiger partial charge on any atom is 0.0702 e. The molecule has 0 aliphatic heterocycles. The van der Waals surface area contributed by atoms with Gasteiger partial charge in [0, 0.05) is 36.3 Å². The molecule has 0 bridgehead atoms. The molecule has 2 aromatic rings. The van der Waals surface area contributed by atoms with Crippen LogP contribution in [-0.2, 0) is 0 Å². The van der Waals surface area contributed by atoms with Gasteiger partial charge in [-0.25, -0.2) is 0 Å². The molecule has 3 heteroatoms. The Bertz CT molecular complexity index is 615. The minimum absolute atomic E-state index is 0.217. The summed E-state index contributed by atoms with van der Waals surface area (Å²) < 4.78 is 0. The predicted molar refractivity (Wildman–Crippen MR) is 95.2 cm³/mol. The van der Waals surface area contributed by atoms with E-state index in [1.165, 1.54) is 10.9 Å². The van der Waals surface area contributed by atoms with Gasteiger partial charge < -0.3 is 4.90 Å². The van der Waals surface area contributed by atoms with Gasteiger partial charge in [0.05, 0.1) is 5.52 Å². The average Bonchev–Trinajstić information content (AvgIpc) is 2.50. The van der Waals surface area contributed by atoms with E-state index in [-0.39, 0.29) is 5.54 Å². The Morgan fingerprint density at radius 3 is 2.45 bits per heavy atom. The molecule has 22 heavy (non-hydrogen) atoms. The van der Waals surface area contributed by atoms with E-state index in [0.717, 1.165) is 18.6 Å². The Kier molecular flexibility index (Phi) is 5.20. The zero-order chi connectivity index (χ0) is 16.3. The van der Waals surface area contributed by atoms with E-state index >= 15 is 0 Å². The van der Waals surface area contributed by atoms with Crippen LogP contribution in [0.25, 0.3) is 10.9 Å². The topological polar surface area (TPSA) is 19.4 Å². The summed E-state index contributed by atoms with van der Waals surface area (Å²) in [5.41, 5.74) is 2.56. The highest BCUT2D eigenvalue weighted by atomic mass is 15.2. The number of hydrogen-bond donors (Lipinski definition) is 0. The number of fused-ring (bicyclic) bond motifs is 1. The smallest absolute Gasteiger partial charge is 0.0702 e. The van der Waals surface area contributed by atoms with Gasteiger partial charge in [-0.3, -0.25) is 9.88 Å². The van der Waals surface area contributed by atoms with Gasteiger partial charge in [-0.05, 0) is 59.5 Å². The summed E-state index contributed by atoms with van der Waals surface area (Å²) in [6.07, 6.45) is 2.01. The number of nitrogens with zero attached hydrogens (tertiary/aromatic N) is 3. The van der Waals surface area contributed by atoms with E-state index in [1.807, 2.05) is 12.3 Å². The SMILES string of the molecule is CC(c1cnc2ccccc2c1)N(C)CCN(C)C(C)(C)C. The van der Waals surface area contributed by atoms with Gasteiger partial charge >= 0.3 is 0 Å². The van der Waals surface area contributed by atoms with E-state index in [4.69, 9.17) is 0 Å². The maximum atomic E-state index is 4.58. The van der Waals surface area contributed by atoms with Crippen LogP contribution in [0.3, 0.4) is 0 Å². The van der Waals surface area contributed by atoms with E-state index in [9.17, 15) is 0 Å². The number of benzene rings is 1. The van der Waals surface area contributed by atoms with Crippen molar-refractivity contribution in [2.24, 2.45) is 0 Å². The Balaban J connectivity index is 2.04. The van der Waals surface area contributed by atoms with Crippen LogP contribution in [0.15, 0.2) is 36.5 Å². The third-order valence-corrected chi connectivity index (χ3v) is 4.69. The molecule has 1 unspecified atom stereocenters. The molecule has 0 radical (unpaired) electrons. The van der Waals surface area contributed by atoms with Crippen molar-refractivity contribution < 1.29 is 0 Å². The minimum atomic E-state index is 0.217. The summed E-state index contributed by atoms with van der Waals surface area (Å²) in [6.45, 7) is 11.1. The highest BCUT2D eigenvalue weighted by Crippen LogP contribution is 2.22. The molecule has 0 amide bonds. The van der Waals surface area contributed by atoms with Crippen molar-refractivity contribution in [3.8, 4) is 0 Å². The fourth-order valence-electron chi connectivity index (χ4n) is 2.41. The third-order valence-electron chi connectivity index (χ3n) is 4.69. The third kappa shape index (κ3) is 4.05. The van der Waals surface area contributed by atoms with Crippen LogP contribution in [0.1, 0.15) is 39.3 Å². The Morgan fingerprint density at radius 2 is 1.77 bits per heavy atom. The molecule has 120 valence electrons. The number of rotatable bonds is 5. The summed E-state index contributed by atoms with van der Waals surface area (Å²) in [5, 5.41) is 1.21. The van der Waals surface area contributed by atoms with Gasteiger partial charge in [-0.15, -0.1) is 0 Å². The molecule has 3 nitrogen and oxygen atoms in total. The summed E-state index contributed by atoms with van der Waals surface area (Å²) in [7, 11) is 4.38. The highest BCUT2D eigenvalue weighted by molar-refractivity contribution is 5.78. The van der Waals surface area contributed by atoms with Crippen molar-refractivity contribution in [2.75, 3.05) is 27.2 Å². The maximum absolute atomic E-state index is 4.58. The molecule has 1 atom stereocenters. The number of pyridine rings is 1. The number of hydrogen-bond acceptors (Lipinski definition) is 3. The molecule has 2 rings (SSSR count). The summed E-state index contributed by atoms with van der Waals surface area (Å²) in [5.74, 6) is 0. The zero-order valence-electron chi connectivity index (χ0n) is 14.8. The fraction of sp³-hybridized carbons (Fsp3) is 0.526. The van der Waals surface area contributed by atoms with Gasteiger partial charge in [0.25, 0.3) is 0 Å². The van der Waals surface area contributed by atoms with Crippen molar-refractivity contribution in [1.82, 2.24) is 14.8 Å². The number of likely N-dealkylation sites (N-methyl/N-ethyl adjacent to an activating group) is 2. The number of aromatic nitrogens is 1. The van der Waals surface area contributed by atoms with Crippen LogP contribution in [0.5, 0.6) is 0 Å². The second-order valence-electron chi connectivity index (χ2n) is 7.21. The van der Waals surface area contributed by atoms with Crippen molar-refractivity contribution in [2.45, 2.75) is 39.3 Å². The number of para-hydroxylation sites is 1. The Labute approximate surface area is 135 Å². The first-order valence-corrected chi connectivity index (χ1v) is 8.05. The van der Waals surface area contributed by atoms with Crippen LogP contribution in [-0.4, -0.2) is 47.5 Å². The van der Waals surface area contributed by atoms with Crippen LogP contribution >= 0.6 is 0 Å². The molecular formula is C19H29N3. The van der Waals surface area contributed by atoms with Crippen molar-refractivity contribution in [3.05, 3.63) is 42.1 Å². The molecular weight excluding hydrogens is 270 g/mol. The van der Waals surface area contributed by atoms with Crippen LogP contribution < -0.4 is 0 Å². The monoisotopic (exact) mass is 299 g/mol. The largest absolute Gasteiger partial charge is 0.300 e. The Hall–Kier alpha value is -1.45. The first-order valence-electron chi connectivity index (χ1n) is 8.05. The molecule has 0 saturated carbocycles. The van der Waals surface area contributed by atoms with Gasteiger partial charge in [0.1, 0.15) is 0 Å². The lowest BCUT2D eigenvalue weighted by Gasteiger charge is -2.34. The molecule has 0 spiro atoms. The molecule has 1 heterocycles. The fourth-order valence-corrected chi connectivity index (χ4v) is 2.41. The lowest BCUT2D eigenvalue weighted by Crippen LogP contribution is -2.42. The van der Waals surface area contributed by atoms with Crippen LogP contribution in [0.2, 0.25) is 0 Å². The average molecular weight is 299 g/mol. The van der Waals surface area contributed by atoms with Crippen molar-refractivity contribution >= 4 is 10.9 Å². The van der Waals surface area contributed by atoms with Gasteiger partial charge in [-0.1, -0.05) is 18.2 Å². The summed E-state index contributed by atoms with van der Waals surface area (Å²) >= 11 is 0. The standard InChI is InChI=1S/C19H29N3/c1-15(21(5)11-12-22(6)19(2,3)4)17-13-16-9-7-8-10-18(16)20-14-17/h7-10,13-15H,11-12H2,1-6H3. The summed E-state index contributed by atoms with van der Waals surface area (Å²) in [6, 6.07) is 10.9. The molecule has 0 N–H and O–H groups in total. The van der Waals surface area contributed by atoms with Crippen LogP contribution in [0.4, 0.5) is 0 Å². The summed E-state index contributed by atoms with van der Waals surface area (Å²) in [4.78, 5) is 9.38. The predicted octanol–water partition coefficient (Wildman–Crippen LogP) is 3.96. The van der Waals surface area contributed by atoms with E-state index in [0.29, 0.717) is 6.04 Å². The van der Waals surface area contributed by atoms with Gasteiger partial charge in [0.15, 0.2) is 0 Å². The van der Waals surface area contributed by atoms with Crippen molar-refractivity contribution in [3.63, 3.8) is 0 Å². The lowest BCUT2D eigenvalue weighted by molar-refractivity contribution is 0.142. The molecule has 1 aromatic heterocycles. The first-order chi connectivity index (χ1) is 10.3. The van der Waals surface area contributed by atoms with Gasteiger partial charge in [-0.2, -0.15) is 0 Å². The molecule has 1 aromatic carbocycles. The quantitative estimate of drug-likeness (QED) is 0.833. The first kappa shape index (κ1) is 16.9. The second-order valence-corrected chi connectivity index (χ2v) is 7.21. The van der Waals surface area contributed by atoms with E-state index in [1.54, 1.807) is 0 Å². The van der Waals surface area contributed by atoms with E-state index < -0.39 is 0 Å². The van der Waals surface area contributed by atoms with Crippen LogP contribution in [0, 0.1) is 0 Å². The molecule has 0 fully saturated rings. The minimum Gasteiger partial charge on any atom is -0.300 e. The molecule has 0 saturated heterocycles. The lowest BCUT2D eigenvalue weighted by atomic mass is 10.1.